The Bertz CT molecular complexity index is 523. The predicted octanol–water partition coefficient (Wildman–Crippen LogP) is -0.0238. The molecular weight excluding hydrogens is 280 g/mol. The first-order valence-corrected chi connectivity index (χ1v) is 6.71. The normalized spacial score (nSPS) is 38.0. The van der Waals surface area contributed by atoms with E-state index in [-0.39, 0.29) is 18.0 Å². The molecular formula is C14H16O7. The van der Waals surface area contributed by atoms with Crippen molar-refractivity contribution in [1.29, 1.82) is 0 Å². The van der Waals surface area contributed by atoms with Crippen molar-refractivity contribution in [2.45, 2.75) is 38.3 Å². The maximum Gasteiger partial charge on any atom is 0.344 e. The number of fused-ring (bicyclic) bond motifs is 1. The molecule has 0 aromatic heterocycles. The van der Waals surface area contributed by atoms with Crippen molar-refractivity contribution in [3.05, 3.63) is 12.7 Å². The van der Waals surface area contributed by atoms with Crippen LogP contribution in [0.1, 0.15) is 13.8 Å². The molecule has 3 aliphatic rings. The fourth-order valence-corrected chi connectivity index (χ4v) is 3.43. The van der Waals surface area contributed by atoms with Gasteiger partial charge in [-0.3, -0.25) is 4.79 Å². The molecule has 0 spiro atoms. The van der Waals surface area contributed by atoms with E-state index in [9.17, 15) is 14.4 Å². The number of esters is 3. The minimum absolute atomic E-state index is 0.311. The van der Waals surface area contributed by atoms with Crippen LogP contribution in [0.15, 0.2) is 12.7 Å². The van der Waals surface area contributed by atoms with Crippen LogP contribution in [0.3, 0.4) is 0 Å². The van der Waals surface area contributed by atoms with Gasteiger partial charge in [-0.05, 0) is 0 Å². The van der Waals surface area contributed by atoms with Crippen LogP contribution in [-0.2, 0) is 33.3 Å². The van der Waals surface area contributed by atoms with E-state index in [0.29, 0.717) is 0 Å². The summed E-state index contributed by atoms with van der Waals surface area (Å²) in [4.78, 5) is 34.5. The van der Waals surface area contributed by atoms with Gasteiger partial charge in [-0.2, -0.15) is 0 Å². The van der Waals surface area contributed by atoms with E-state index < -0.39 is 42.3 Å². The van der Waals surface area contributed by atoms with Crippen molar-refractivity contribution in [2.24, 2.45) is 11.3 Å². The lowest BCUT2D eigenvalue weighted by molar-refractivity contribution is -0.168. The lowest BCUT2D eigenvalue weighted by atomic mass is 9.68. The van der Waals surface area contributed by atoms with Crippen molar-refractivity contribution >= 4 is 17.9 Å². The third kappa shape index (κ3) is 1.95. The second kappa shape index (κ2) is 4.56. The van der Waals surface area contributed by atoms with Gasteiger partial charge in [0.25, 0.3) is 0 Å². The summed E-state index contributed by atoms with van der Waals surface area (Å²) in [7, 11) is 0. The van der Waals surface area contributed by atoms with Gasteiger partial charge >= 0.3 is 17.9 Å². The van der Waals surface area contributed by atoms with Gasteiger partial charge < -0.3 is 18.9 Å². The molecule has 0 N–H and O–H groups in total. The number of hydrogen-bond donors (Lipinski definition) is 0. The van der Waals surface area contributed by atoms with Crippen molar-refractivity contribution in [1.82, 2.24) is 0 Å². The Morgan fingerprint density at radius 2 is 2.10 bits per heavy atom. The first-order valence-electron chi connectivity index (χ1n) is 6.71. The van der Waals surface area contributed by atoms with Crippen LogP contribution in [0.2, 0.25) is 0 Å². The highest BCUT2D eigenvalue weighted by Crippen LogP contribution is 2.57. The Balaban J connectivity index is 1.68. The van der Waals surface area contributed by atoms with E-state index in [1.165, 1.54) is 0 Å². The monoisotopic (exact) mass is 296 g/mol. The average molecular weight is 296 g/mol. The summed E-state index contributed by atoms with van der Waals surface area (Å²) in [6, 6.07) is 0. The highest BCUT2D eigenvalue weighted by atomic mass is 16.7. The summed E-state index contributed by atoms with van der Waals surface area (Å²) in [5.74, 6) is -2.04. The standard InChI is InChI=1S/C14H16O7/c1-4-6(15)18-5-7(16)19-11-10-9-8(13(17)21-10)14(2,3)12(11)20-9/h4,8-12H,1,5H2,2-3H3. The van der Waals surface area contributed by atoms with E-state index in [4.69, 9.17) is 14.2 Å². The highest BCUT2D eigenvalue weighted by Gasteiger charge is 2.73. The fourth-order valence-electron chi connectivity index (χ4n) is 3.43. The lowest BCUT2D eigenvalue weighted by Gasteiger charge is -2.33. The zero-order valence-electron chi connectivity index (χ0n) is 11.7. The average Bonchev–Trinajstić information content (AvgIpc) is 2.99. The van der Waals surface area contributed by atoms with Gasteiger partial charge in [0, 0.05) is 11.5 Å². The number of carbonyl (C=O) groups excluding carboxylic acids is 3. The van der Waals surface area contributed by atoms with Gasteiger partial charge in [0.05, 0.1) is 5.92 Å². The molecule has 3 saturated heterocycles. The molecule has 7 nitrogen and oxygen atoms in total. The number of hydrogen-bond acceptors (Lipinski definition) is 7. The van der Waals surface area contributed by atoms with E-state index in [1.54, 1.807) is 0 Å². The van der Waals surface area contributed by atoms with Crippen LogP contribution >= 0.6 is 0 Å². The second-order valence-electron chi connectivity index (χ2n) is 5.99. The maximum absolute atomic E-state index is 11.9. The summed E-state index contributed by atoms with van der Waals surface area (Å²) in [6.07, 6.45) is -1.04. The van der Waals surface area contributed by atoms with Crippen LogP contribution < -0.4 is 0 Å². The molecule has 3 fully saturated rings. The summed E-state index contributed by atoms with van der Waals surface area (Å²) in [5.41, 5.74) is -0.461. The Morgan fingerprint density at radius 3 is 2.76 bits per heavy atom. The number of rotatable bonds is 4. The highest BCUT2D eigenvalue weighted by molar-refractivity contribution is 5.84. The smallest absolute Gasteiger partial charge is 0.344 e. The third-order valence-corrected chi connectivity index (χ3v) is 4.39. The van der Waals surface area contributed by atoms with Crippen LogP contribution in [0.4, 0.5) is 0 Å². The van der Waals surface area contributed by atoms with Gasteiger partial charge in [-0.15, -0.1) is 0 Å². The van der Waals surface area contributed by atoms with E-state index in [0.717, 1.165) is 6.08 Å². The van der Waals surface area contributed by atoms with Crippen LogP contribution in [0, 0.1) is 11.3 Å². The molecule has 3 rings (SSSR count). The molecule has 21 heavy (non-hydrogen) atoms. The second-order valence-corrected chi connectivity index (χ2v) is 5.99. The largest absolute Gasteiger partial charge is 0.455 e. The van der Waals surface area contributed by atoms with E-state index >= 15 is 0 Å². The molecule has 3 aliphatic heterocycles. The molecule has 5 unspecified atom stereocenters. The Hall–Kier alpha value is -1.89. The maximum atomic E-state index is 11.9. The predicted molar refractivity (Wildman–Crippen MR) is 66.8 cm³/mol. The topological polar surface area (TPSA) is 88.1 Å². The molecule has 5 atom stereocenters. The Kier molecular flexibility index (Phi) is 3.05. The SMILES string of the molecule is C=CC(=O)OCC(=O)OC1C2OC(=O)C3C2OC1C3(C)C. The fraction of sp³-hybridized carbons (Fsp3) is 0.643. The Labute approximate surface area is 121 Å². The van der Waals surface area contributed by atoms with Crippen LogP contribution in [0.5, 0.6) is 0 Å². The number of carbonyl (C=O) groups is 3. The zero-order valence-corrected chi connectivity index (χ0v) is 11.7. The first kappa shape index (κ1) is 14.1. The van der Waals surface area contributed by atoms with Crippen LogP contribution in [0.25, 0.3) is 0 Å². The third-order valence-electron chi connectivity index (χ3n) is 4.39. The minimum atomic E-state index is -0.707. The number of ether oxygens (including phenoxy) is 4. The Morgan fingerprint density at radius 1 is 1.38 bits per heavy atom. The minimum Gasteiger partial charge on any atom is -0.455 e. The molecule has 0 aliphatic carbocycles. The molecule has 0 radical (unpaired) electrons. The quantitative estimate of drug-likeness (QED) is 0.409. The van der Waals surface area contributed by atoms with Gasteiger partial charge in [0.1, 0.15) is 12.2 Å². The van der Waals surface area contributed by atoms with Crippen molar-refractivity contribution < 1.29 is 33.3 Å². The van der Waals surface area contributed by atoms with Gasteiger partial charge in [-0.25, -0.2) is 9.59 Å². The summed E-state index contributed by atoms with van der Waals surface area (Å²) >= 11 is 0. The van der Waals surface area contributed by atoms with E-state index in [2.05, 4.69) is 11.3 Å². The molecule has 0 aromatic rings. The van der Waals surface area contributed by atoms with Crippen molar-refractivity contribution in [2.75, 3.05) is 6.61 Å². The molecule has 0 saturated carbocycles. The molecule has 7 heteroatoms. The summed E-state index contributed by atoms with van der Waals surface area (Å²) in [5, 5.41) is 0. The van der Waals surface area contributed by atoms with Crippen LogP contribution in [-0.4, -0.2) is 48.9 Å². The van der Waals surface area contributed by atoms with Gasteiger partial charge in [0.15, 0.2) is 18.8 Å². The van der Waals surface area contributed by atoms with Crippen molar-refractivity contribution in [3.8, 4) is 0 Å². The molecule has 2 bridgehead atoms. The zero-order chi connectivity index (χ0) is 15.4. The molecule has 0 aromatic carbocycles. The molecule has 114 valence electrons. The summed E-state index contributed by atoms with van der Waals surface area (Å²) in [6.45, 7) is 6.50. The lowest BCUT2D eigenvalue weighted by Crippen LogP contribution is -2.49. The van der Waals surface area contributed by atoms with Gasteiger partial charge in [-0.1, -0.05) is 20.4 Å². The van der Waals surface area contributed by atoms with Crippen molar-refractivity contribution in [3.63, 3.8) is 0 Å². The van der Waals surface area contributed by atoms with E-state index in [1.807, 2.05) is 13.8 Å². The molecule has 0 amide bonds. The van der Waals surface area contributed by atoms with Gasteiger partial charge in [0.2, 0.25) is 0 Å². The summed E-state index contributed by atoms with van der Waals surface area (Å²) < 4.78 is 20.9. The first-order chi connectivity index (χ1) is 9.86. The molecule has 3 heterocycles.